The van der Waals surface area contributed by atoms with E-state index < -0.39 is 5.67 Å². The molecule has 0 aliphatic carbocycles. The van der Waals surface area contributed by atoms with E-state index in [1.165, 1.54) is 13.8 Å². The summed E-state index contributed by atoms with van der Waals surface area (Å²) in [7, 11) is 0. The fourth-order valence-electron chi connectivity index (χ4n) is 1.77. The van der Waals surface area contributed by atoms with Gasteiger partial charge in [-0.05, 0) is 37.1 Å². The Morgan fingerprint density at radius 2 is 2.00 bits per heavy atom. The number of halogens is 1. The van der Waals surface area contributed by atoms with Gasteiger partial charge in [-0.2, -0.15) is 0 Å². The van der Waals surface area contributed by atoms with E-state index in [-0.39, 0.29) is 13.3 Å². The molecule has 4 nitrogen and oxygen atoms in total. The molecule has 0 spiro atoms. The summed E-state index contributed by atoms with van der Waals surface area (Å²) in [6.45, 7) is 3.24. The second-order valence-electron chi connectivity index (χ2n) is 4.17. The first kappa shape index (κ1) is 11.2. The minimum Gasteiger partial charge on any atom is -0.454 e. The number of hydrogen-bond donors (Lipinski definition) is 2. The average Bonchev–Trinajstić information content (AvgIpc) is 2.62. The SMILES string of the molecule is CC(C)(F)c1cc2c(cc1CNO)OCO2. The van der Waals surface area contributed by atoms with E-state index in [2.05, 4.69) is 0 Å². The van der Waals surface area contributed by atoms with Crippen molar-refractivity contribution in [2.24, 2.45) is 0 Å². The molecule has 1 heterocycles. The summed E-state index contributed by atoms with van der Waals surface area (Å²) in [4.78, 5) is 0. The normalized spacial score (nSPS) is 14.2. The van der Waals surface area contributed by atoms with Gasteiger partial charge in [0.25, 0.3) is 0 Å². The van der Waals surface area contributed by atoms with E-state index in [0.717, 1.165) is 0 Å². The highest BCUT2D eigenvalue weighted by Gasteiger charge is 2.26. The Labute approximate surface area is 92.9 Å². The van der Waals surface area contributed by atoms with Crippen molar-refractivity contribution in [1.29, 1.82) is 0 Å². The third-order valence-corrected chi connectivity index (χ3v) is 2.51. The Balaban J connectivity index is 2.49. The van der Waals surface area contributed by atoms with Crippen molar-refractivity contribution < 1.29 is 19.1 Å². The molecule has 0 fully saturated rings. The second-order valence-corrected chi connectivity index (χ2v) is 4.17. The van der Waals surface area contributed by atoms with E-state index in [4.69, 9.17) is 14.7 Å². The number of alkyl halides is 1. The maximum atomic E-state index is 14.0. The van der Waals surface area contributed by atoms with Crippen molar-refractivity contribution in [1.82, 2.24) is 5.48 Å². The molecule has 0 atom stereocenters. The fraction of sp³-hybridized carbons (Fsp3) is 0.455. The van der Waals surface area contributed by atoms with Gasteiger partial charge in [-0.25, -0.2) is 9.87 Å². The number of rotatable bonds is 3. The zero-order valence-corrected chi connectivity index (χ0v) is 9.21. The number of nitrogens with one attached hydrogen (secondary N) is 1. The van der Waals surface area contributed by atoms with Crippen molar-refractivity contribution >= 4 is 0 Å². The lowest BCUT2D eigenvalue weighted by molar-refractivity contribution is 0.158. The highest BCUT2D eigenvalue weighted by molar-refractivity contribution is 5.50. The van der Waals surface area contributed by atoms with Gasteiger partial charge in [0.2, 0.25) is 6.79 Å². The minimum absolute atomic E-state index is 0.150. The topological polar surface area (TPSA) is 50.7 Å². The monoisotopic (exact) mass is 227 g/mol. The number of hydrogen-bond acceptors (Lipinski definition) is 4. The molecule has 0 radical (unpaired) electrons. The summed E-state index contributed by atoms with van der Waals surface area (Å²) in [5, 5.41) is 8.71. The standard InChI is InChI=1S/C11H14FNO3/c1-11(2,12)8-4-10-9(15-6-16-10)3-7(8)5-13-14/h3-4,13-14H,5-6H2,1-2H3. The number of benzene rings is 1. The summed E-state index contributed by atoms with van der Waals surface area (Å²) in [5.41, 5.74) is 1.67. The van der Waals surface area contributed by atoms with Crippen LogP contribution in [0.2, 0.25) is 0 Å². The largest absolute Gasteiger partial charge is 0.454 e. The Morgan fingerprint density at radius 1 is 1.38 bits per heavy atom. The summed E-state index contributed by atoms with van der Waals surface area (Å²) < 4.78 is 24.4. The van der Waals surface area contributed by atoms with E-state index in [0.29, 0.717) is 22.6 Å². The van der Waals surface area contributed by atoms with Crippen LogP contribution < -0.4 is 15.0 Å². The Bertz CT molecular complexity index is 401. The van der Waals surface area contributed by atoms with Crippen LogP contribution in [0.15, 0.2) is 12.1 Å². The van der Waals surface area contributed by atoms with Crippen LogP contribution in [0.4, 0.5) is 4.39 Å². The van der Waals surface area contributed by atoms with Crippen LogP contribution in [0.25, 0.3) is 0 Å². The first-order chi connectivity index (χ1) is 7.52. The van der Waals surface area contributed by atoms with E-state index >= 15 is 0 Å². The highest BCUT2D eigenvalue weighted by Crippen LogP contribution is 2.39. The first-order valence-corrected chi connectivity index (χ1v) is 5.01. The third kappa shape index (κ3) is 1.96. The molecule has 1 aliphatic rings. The molecule has 2 rings (SSSR count). The molecule has 1 aromatic rings. The Kier molecular flexibility index (Phi) is 2.73. The van der Waals surface area contributed by atoms with Crippen molar-refractivity contribution in [2.45, 2.75) is 26.1 Å². The summed E-state index contributed by atoms with van der Waals surface area (Å²) in [6, 6.07) is 3.30. The van der Waals surface area contributed by atoms with Crippen molar-refractivity contribution in [3.63, 3.8) is 0 Å². The lowest BCUT2D eigenvalue weighted by atomic mass is 9.94. The minimum atomic E-state index is -1.49. The molecule has 0 amide bonds. The number of ether oxygens (including phenoxy) is 2. The molecule has 5 heteroatoms. The van der Waals surface area contributed by atoms with Crippen LogP contribution in [0.1, 0.15) is 25.0 Å². The van der Waals surface area contributed by atoms with Crippen molar-refractivity contribution in [3.05, 3.63) is 23.3 Å². The molecular formula is C11H14FNO3. The van der Waals surface area contributed by atoms with Crippen LogP contribution in [0.3, 0.4) is 0 Å². The molecule has 0 aromatic heterocycles. The molecule has 0 bridgehead atoms. The molecule has 88 valence electrons. The highest BCUT2D eigenvalue weighted by atomic mass is 19.1. The van der Waals surface area contributed by atoms with Gasteiger partial charge in [-0.3, -0.25) is 0 Å². The quantitative estimate of drug-likeness (QED) is 0.776. The van der Waals surface area contributed by atoms with Gasteiger partial charge >= 0.3 is 0 Å². The predicted octanol–water partition coefficient (Wildman–Crippen LogP) is 2.10. The summed E-state index contributed by atoms with van der Waals surface area (Å²) >= 11 is 0. The van der Waals surface area contributed by atoms with Gasteiger partial charge in [-0.15, -0.1) is 0 Å². The van der Waals surface area contributed by atoms with Crippen LogP contribution in [0.5, 0.6) is 11.5 Å². The van der Waals surface area contributed by atoms with Gasteiger partial charge in [0.1, 0.15) is 5.67 Å². The van der Waals surface area contributed by atoms with Gasteiger partial charge in [0.05, 0.1) is 0 Å². The van der Waals surface area contributed by atoms with E-state index in [1.54, 1.807) is 12.1 Å². The van der Waals surface area contributed by atoms with Gasteiger partial charge in [0.15, 0.2) is 11.5 Å². The molecule has 16 heavy (non-hydrogen) atoms. The predicted molar refractivity (Wildman–Crippen MR) is 55.3 cm³/mol. The van der Waals surface area contributed by atoms with Crippen LogP contribution >= 0.6 is 0 Å². The second kappa shape index (κ2) is 3.92. The maximum Gasteiger partial charge on any atom is 0.231 e. The van der Waals surface area contributed by atoms with Crippen LogP contribution in [-0.2, 0) is 12.2 Å². The summed E-state index contributed by atoms with van der Waals surface area (Å²) in [5.74, 6) is 1.13. The van der Waals surface area contributed by atoms with Crippen molar-refractivity contribution in [2.75, 3.05) is 6.79 Å². The average molecular weight is 227 g/mol. The fourth-order valence-corrected chi connectivity index (χ4v) is 1.77. The molecule has 1 aliphatic heterocycles. The van der Waals surface area contributed by atoms with Gasteiger partial charge < -0.3 is 14.7 Å². The molecule has 0 saturated carbocycles. The van der Waals surface area contributed by atoms with Crippen LogP contribution in [0, 0.1) is 0 Å². The number of fused-ring (bicyclic) bond motifs is 1. The van der Waals surface area contributed by atoms with Crippen LogP contribution in [-0.4, -0.2) is 12.0 Å². The van der Waals surface area contributed by atoms with Crippen molar-refractivity contribution in [3.8, 4) is 11.5 Å². The van der Waals surface area contributed by atoms with Gasteiger partial charge in [0, 0.05) is 6.54 Å². The van der Waals surface area contributed by atoms with Gasteiger partial charge in [-0.1, -0.05) is 0 Å². The van der Waals surface area contributed by atoms with E-state index in [9.17, 15) is 4.39 Å². The molecule has 0 saturated heterocycles. The lowest BCUT2D eigenvalue weighted by Crippen LogP contribution is -2.16. The zero-order chi connectivity index (χ0) is 11.8. The Morgan fingerprint density at radius 3 is 2.56 bits per heavy atom. The maximum absolute atomic E-state index is 14.0. The number of hydroxylamine groups is 1. The zero-order valence-electron chi connectivity index (χ0n) is 9.21. The molecule has 0 unspecified atom stereocenters. The van der Waals surface area contributed by atoms with E-state index in [1.807, 2.05) is 5.48 Å². The molecule has 1 aromatic carbocycles. The molecular weight excluding hydrogens is 213 g/mol. The first-order valence-electron chi connectivity index (χ1n) is 5.01. The smallest absolute Gasteiger partial charge is 0.231 e. The third-order valence-electron chi connectivity index (χ3n) is 2.51. The summed E-state index contributed by atoms with van der Waals surface area (Å²) in [6.07, 6.45) is 0. The lowest BCUT2D eigenvalue weighted by Gasteiger charge is -2.19. The molecule has 2 N–H and O–H groups in total. The Hall–Kier alpha value is -1.33.